The molecule has 6 unspecified atom stereocenters. The molecule has 5 rings (SSSR count). The molecule has 2 amide bonds. The van der Waals surface area contributed by atoms with Crippen molar-refractivity contribution in [3.8, 4) is 0 Å². The summed E-state index contributed by atoms with van der Waals surface area (Å²) in [6, 6.07) is -0.427. The Kier molecular flexibility index (Phi) is 8.73. The molecule has 0 radical (unpaired) electrons. The monoisotopic (exact) mass is 603 g/mol. The maximum absolute atomic E-state index is 14.4. The lowest BCUT2D eigenvalue weighted by atomic mass is 9.76. The van der Waals surface area contributed by atoms with Gasteiger partial charge in [0.25, 0.3) is 0 Å². The number of amides is 2. The van der Waals surface area contributed by atoms with Crippen LogP contribution in [-0.2, 0) is 23.7 Å². The molecule has 230 valence electrons. The summed E-state index contributed by atoms with van der Waals surface area (Å²) < 4.78 is 23.4. The number of aliphatic carboxylic acids is 1. The van der Waals surface area contributed by atoms with Gasteiger partial charge < -0.3 is 34.9 Å². The zero-order valence-electron chi connectivity index (χ0n) is 24.7. The van der Waals surface area contributed by atoms with Crippen LogP contribution >= 0.6 is 11.3 Å². The summed E-state index contributed by atoms with van der Waals surface area (Å²) in [6.45, 7) is 8.19. The number of epoxide rings is 1. The number of nitrogens with two attached hydrogens (primary N) is 1. The van der Waals surface area contributed by atoms with Gasteiger partial charge in [-0.3, -0.25) is 9.80 Å². The number of carbonyl (C=O) groups excluding carboxylic acids is 1. The van der Waals surface area contributed by atoms with E-state index in [9.17, 15) is 19.8 Å². The minimum absolute atomic E-state index is 0.120. The van der Waals surface area contributed by atoms with Gasteiger partial charge in [0, 0.05) is 43.9 Å². The number of carboxylic acids is 1. The van der Waals surface area contributed by atoms with Gasteiger partial charge in [-0.15, -0.1) is 11.3 Å². The highest BCUT2D eigenvalue weighted by Crippen LogP contribution is 2.55. The highest BCUT2D eigenvalue weighted by Gasteiger charge is 2.59. The molecule has 2 fully saturated rings. The number of fused-ring (bicyclic) bond motifs is 3. The van der Waals surface area contributed by atoms with Crippen molar-refractivity contribution in [1.82, 2.24) is 4.90 Å². The van der Waals surface area contributed by atoms with Gasteiger partial charge in [-0.1, -0.05) is 23.8 Å². The number of urea groups is 1. The van der Waals surface area contributed by atoms with Crippen molar-refractivity contribution >= 4 is 28.3 Å². The van der Waals surface area contributed by atoms with E-state index in [1.54, 1.807) is 12.0 Å². The number of rotatable bonds is 10. The molecule has 7 atom stereocenters. The third kappa shape index (κ3) is 5.35. The first-order valence-corrected chi connectivity index (χ1v) is 15.2. The fourth-order valence-electron chi connectivity index (χ4n) is 6.38. The van der Waals surface area contributed by atoms with Crippen LogP contribution < -0.4 is 10.6 Å². The van der Waals surface area contributed by atoms with E-state index in [1.165, 1.54) is 42.5 Å². The van der Waals surface area contributed by atoms with Crippen LogP contribution in [-0.4, -0.2) is 78.0 Å². The van der Waals surface area contributed by atoms with Crippen LogP contribution in [0.3, 0.4) is 0 Å². The number of aliphatic hydroxyl groups excluding tert-OH is 1. The summed E-state index contributed by atoms with van der Waals surface area (Å²) in [5, 5.41) is 21.6. The predicted molar refractivity (Wildman–Crippen MR) is 157 cm³/mol. The van der Waals surface area contributed by atoms with Crippen molar-refractivity contribution in [2.24, 2.45) is 17.6 Å². The first kappa shape index (κ1) is 30.6. The molecule has 0 spiro atoms. The van der Waals surface area contributed by atoms with Crippen LogP contribution in [0.1, 0.15) is 61.8 Å². The number of allylic oxidation sites excluding steroid dienone is 2. The van der Waals surface area contributed by atoms with Gasteiger partial charge in [0.15, 0.2) is 6.23 Å². The number of hydrogen-bond donors (Lipinski definition) is 3. The number of carbonyl (C=O) groups is 2. The quantitative estimate of drug-likeness (QED) is 0.267. The molecule has 2 saturated heterocycles. The van der Waals surface area contributed by atoms with Crippen molar-refractivity contribution < 1.29 is 38.7 Å². The molecule has 12 heteroatoms. The van der Waals surface area contributed by atoms with E-state index in [-0.39, 0.29) is 24.0 Å². The zero-order chi connectivity index (χ0) is 30.3. The van der Waals surface area contributed by atoms with Gasteiger partial charge >= 0.3 is 12.0 Å². The highest BCUT2D eigenvalue weighted by atomic mass is 32.1. The Balaban J connectivity index is 1.52. The van der Waals surface area contributed by atoms with Crippen molar-refractivity contribution in [2.75, 3.05) is 31.8 Å². The van der Waals surface area contributed by atoms with Gasteiger partial charge in [0.05, 0.1) is 30.0 Å². The number of hydrogen-bond acceptors (Lipinski definition) is 9. The number of aliphatic hydroxyl groups is 1. The van der Waals surface area contributed by atoms with Crippen molar-refractivity contribution in [3.63, 3.8) is 0 Å². The lowest BCUT2D eigenvalue weighted by Gasteiger charge is -2.39. The SMILES string of the molecule is COC1C=CC=C(C2COCCC2O)C1CCN1C(=O)N(C(C)(C)C(=O)O)C2O[C@@H]2c2c1sc(C(C)O/C=C\N)c2C. The third-order valence-electron chi connectivity index (χ3n) is 8.85. The molecular formula is C30H41N3O8S. The van der Waals surface area contributed by atoms with Crippen molar-refractivity contribution in [2.45, 2.75) is 76.7 Å². The van der Waals surface area contributed by atoms with Crippen molar-refractivity contribution in [3.05, 3.63) is 52.3 Å². The standard InChI is InChI=1S/C30H41N3O8S/c1-16-23-24-26(41-24)33(30(3,4)28(35)36)29(37)32(27(23)42-25(16)17(2)40-14-11-31)12-9-19-18(7-6-8-22(19)38-5)20-15-39-13-10-21(20)34/h6-8,11,14,17,19-22,24,26,34H,9-10,12-13,15,31H2,1-5H3,(H,35,36)/b14-11-/t17?,19?,20?,21?,22?,24-,26?/m1/s1. The smallest absolute Gasteiger partial charge is 0.329 e. The number of carboxylic acid groups (broad SMARTS) is 1. The number of thiophene rings is 1. The minimum Gasteiger partial charge on any atom is -0.491 e. The van der Waals surface area contributed by atoms with Gasteiger partial charge in [-0.2, -0.15) is 0 Å². The van der Waals surface area contributed by atoms with Crippen LogP contribution in [0.2, 0.25) is 0 Å². The minimum atomic E-state index is -1.50. The highest BCUT2D eigenvalue weighted by molar-refractivity contribution is 7.16. The molecule has 4 aliphatic rings. The molecule has 42 heavy (non-hydrogen) atoms. The third-order valence-corrected chi connectivity index (χ3v) is 10.3. The predicted octanol–water partition coefficient (Wildman–Crippen LogP) is 3.98. The first-order chi connectivity index (χ1) is 20.0. The molecule has 0 aromatic carbocycles. The fraction of sp³-hybridized carbons (Fsp3) is 0.600. The van der Waals surface area contributed by atoms with E-state index in [4.69, 9.17) is 24.7 Å². The van der Waals surface area contributed by atoms with E-state index in [1.807, 2.05) is 32.1 Å². The summed E-state index contributed by atoms with van der Waals surface area (Å²) in [7, 11) is 1.65. The average molecular weight is 604 g/mol. The van der Waals surface area contributed by atoms with Crippen LogP contribution in [0.4, 0.5) is 9.80 Å². The zero-order valence-corrected chi connectivity index (χ0v) is 25.5. The van der Waals surface area contributed by atoms with E-state index >= 15 is 0 Å². The van der Waals surface area contributed by atoms with E-state index < -0.39 is 36.0 Å². The second-order valence-electron chi connectivity index (χ2n) is 11.7. The summed E-state index contributed by atoms with van der Waals surface area (Å²) >= 11 is 1.45. The Morgan fingerprint density at radius 3 is 2.81 bits per heavy atom. The Labute approximate surface area is 250 Å². The lowest BCUT2D eigenvalue weighted by Crippen LogP contribution is -2.58. The van der Waals surface area contributed by atoms with Gasteiger partial charge in [-0.05, 0) is 46.1 Å². The molecule has 4 heterocycles. The molecule has 1 aliphatic carbocycles. The number of ether oxygens (including phenoxy) is 4. The second kappa shape index (κ2) is 12.0. The topological polar surface area (TPSA) is 147 Å². The number of anilines is 1. The van der Waals surface area contributed by atoms with Gasteiger partial charge in [-0.25, -0.2) is 9.59 Å². The summed E-state index contributed by atoms with van der Waals surface area (Å²) in [4.78, 5) is 30.7. The van der Waals surface area contributed by atoms with E-state index in [2.05, 4.69) is 0 Å². The maximum Gasteiger partial charge on any atom is 0.329 e. The number of methoxy groups -OCH3 is 1. The molecule has 4 N–H and O–H groups in total. The largest absolute Gasteiger partial charge is 0.491 e. The Hall–Kier alpha value is -2.90. The lowest BCUT2D eigenvalue weighted by molar-refractivity contribution is -0.148. The molecule has 0 saturated carbocycles. The summed E-state index contributed by atoms with van der Waals surface area (Å²) in [5.74, 6) is -1.41. The second-order valence-corrected chi connectivity index (χ2v) is 12.7. The molecule has 0 bridgehead atoms. The van der Waals surface area contributed by atoms with E-state index in [0.29, 0.717) is 32.6 Å². The molecule has 11 nitrogen and oxygen atoms in total. The molecule has 3 aliphatic heterocycles. The average Bonchev–Trinajstić information content (AvgIpc) is 3.66. The maximum atomic E-state index is 14.4. The Morgan fingerprint density at radius 2 is 2.14 bits per heavy atom. The van der Waals surface area contributed by atoms with Crippen molar-refractivity contribution in [1.29, 1.82) is 0 Å². The first-order valence-electron chi connectivity index (χ1n) is 14.3. The van der Waals surface area contributed by atoms with Gasteiger partial charge in [0.1, 0.15) is 22.7 Å². The van der Waals surface area contributed by atoms with Crippen LogP contribution in [0.5, 0.6) is 0 Å². The van der Waals surface area contributed by atoms with Crippen LogP contribution in [0.25, 0.3) is 0 Å². The van der Waals surface area contributed by atoms with Gasteiger partial charge in [0.2, 0.25) is 0 Å². The Bertz CT molecular complexity index is 1290. The normalized spacial score (nSPS) is 30.0. The summed E-state index contributed by atoms with van der Waals surface area (Å²) in [6.07, 6.45) is 7.59. The van der Waals surface area contributed by atoms with Crippen LogP contribution in [0, 0.1) is 18.8 Å². The fourth-order valence-corrected chi connectivity index (χ4v) is 7.73. The molecular weight excluding hydrogens is 562 g/mol. The van der Waals surface area contributed by atoms with E-state index in [0.717, 1.165) is 26.6 Å². The molecule has 1 aromatic rings. The van der Waals surface area contributed by atoms with Crippen LogP contribution in [0.15, 0.2) is 36.3 Å². The summed E-state index contributed by atoms with van der Waals surface area (Å²) in [5.41, 5.74) is 6.86. The number of nitrogens with zero attached hydrogens (tertiary/aromatic N) is 2. The molecule has 1 aromatic heterocycles. The Morgan fingerprint density at radius 1 is 1.38 bits per heavy atom.